The number of hydrogen-bond donors (Lipinski definition) is 0. The van der Waals surface area contributed by atoms with Crippen LogP contribution in [0, 0.1) is 13.8 Å². The fraction of sp³-hybridized carbons (Fsp3) is 0.118. The van der Waals surface area contributed by atoms with Crippen LogP contribution >= 0.6 is 20.1 Å². The summed E-state index contributed by atoms with van der Waals surface area (Å²) in [5.41, 5.74) is 8.06. The quantitative estimate of drug-likeness (QED) is 0.164. The Morgan fingerprint density at radius 3 is 1.50 bits per heavy atom. The average molecular weight is 764 g/mol. The molecule has 0 unspecified atom stereocenters. The smallest absolute Gasteiger partial charge is 0.143 e. The van der Waals surface area contributed by atoms with E-state index in [1.165, 1.54) is 46.7 Å². The van der Waals surface area contributed by atoms with Gasteiger partial charge in [0.05, 0.1) is 0 Å². The van der Waals surface area contributed by atoms with Crippen molar-refractivity contribution in [3.8, 4) is 11.1 Å². The van der Waals surface area contributed by atoms with Crippen molar-refractivity contribution >= 4 is 96.3 Å². The summed E-state index contributed by atoms with van der Waals surface area (Å²) in [5, 5.41) is 11.6. The lowest BCUT2D eigenvalue weighted by Gasteiger charge is -2.32. The molecule has 274 valence electrons. The normalized spacial score (nSPS) is 13.4. The molecule has 5 heteroatoms. The minimum absolute atomic E-state index is 0.927. The third-order valence-electron chi connectivity index (χ3n) is 12.1. The van der Waals surface area contributed by atoms with E-state index in [9.17, 15) is 0 Å². The molecule has 0 bridgehead atoms. The molecule has 0 saturated heterocycles. The van der Waals surface area contributed by atoms with Gasteiger partial charge in [-0.3, -0.25) is 4.98 Å². The first-order valence-corrected chi connectivity index (χ1v) is 24.0. The Morgan fingerprint density at radius 1 is 0.411 bits per heavy atom. The number of aryl methyl sites for hydroxylation is 2. The predicted molar refractivity (Wildman–Crippen MR) is 242 cm³/mol. The van der Waals surface area contributed by atoms with Gasteiger partial charge in [0, 0.05) is 54.5 Å². The highest BCUT2D eigenvalue weighted by molar-refractivity contribution is 8.33. The number of fused-ring (bicyclic) bond motifs is 8. The SMILES string of the molecule is Cc1cc(-c2cc3c4oc5cc(S(C)(C)c6ccccc6)ccc5c4cc4ccc5c6oc7cc(S(C)(C)c8ccccc8)ccc7c6cc2c5c43)cc(C)n1. The molecular formula is C51H41NO2S2. The molecule has 8 aromatic carbocycles. The van der Waals surface area contributed by atoms with Crippen LogP contribution in [-0.4, -0.2) is 30.0 Å². The van der Waals surface area contributed by atoms with E-state index in [1.807, 2.05) is 0 Å². The Bertz CT molecular complexity index is 3300. The van der Waals surface area contributed by atoms with Crippen LogP contribution in [0.4, 0.5) is 0 Å². The lowest BCUT2D eigenvalue weighted by molar-refractivity contribution is 0.671. The van der Waals surface area contributed by atoms with Crippen molar-refractivity contribution in [3.05, 3.63) is 151 Å². The minimum atomic E-state index is -1.24. The van der Waals surface area contributed by atoms with Crippen molar-refractivity contribution < 1.29 is 8.83 Å². The van der Waals surface area contributed by atoms with Crippen LogP contribution in [0.5, 0.6) is 0 Å². The molecule has 0 spiro atoms. The van der Waals surface area contributed by atoms with Crippen molar-refractivity contribution in [1.29, 1.82) is 0 Å². The van der Waals surface area contributed by atoms with Crippen molar-refractivity contribution in [1.82, 2.24) is 4.98 Å². The van der Waals surface area contributed by atoms with E-state index in [2.05, 4.69) is 178 Å². The number of pyridine rings is 1. The first-order chi connectivity index (χ1) is 27.1. The van der Waals surface area contributed by atoms with Crippen molar-refractivity contribution in [2.45, 2.75) is 33.4 Å². The highest BCUT2D eigenvalue weighted by atomic mass is 32.3. The zero-order valence-corrected chi connectivity index (χ0v) is 34.0. The maximum Gasteiger partial charge on any atom is 0.143 e. The van der Waals surface area contributed by atoms with Gasteiger partial charge in [-0.2, -0.15) is 20.1 Å². The first-order valence-electron chi connectivity index (χ1n) is 19.1. The van der Waals surface area contributed by atoms with Gasteiger partial charge in [-0.1, -0.05) is 42.5 Å². The minimum Gasteiger partial charge on any atom is -0.455 e. The largest absolute Gasteiger partial charge is 0.455 e. The van der Waals surface area contributed by atoms with Gasteiger partial charge >= 0.3 is 0 Å². The maximum atomic E-state index is 7.02. The summed E-state index contributed by atoms with van der Waals surface area (Å²) in [4.78, 5) is 10.1. The number of hydrogen-bond acceptors (Lipinski definition) is 3. The molecule has 11 aromatic rings. The van der Waals surface area contributed by atoms with Crippen LogP contribution in [-0.2, 0) is 0 Å². The van der Waals surface area contributed by atoms with E-state index in [1.54, 1.807) is 0 Å². The van der Waals surface area contributed by atoms with Gasteiger partial charge in [-0.05, 0) is 177 Å². The lowest BCUT2D eigenvalue weighted by Crippen LogP contribution is -1.97. The van der Waals surface area contributed by atoms with Gasteiger partial charge in [-0.15, -0.1) is 0 Å². The first kappa shape index (κ1) is 33.6. The van der Waals surface area contributed by atoms with E-state index >= 15 is 0 Å². The van der Waals surface area contributed by atoms with E-state index in [0.29, 0.717) is 0 Å². The standard InChI is InChI=1S/C51H41NO2S2/c1-30-23-33(24-31(2)52-30)41-28-45-48-32(25-43-38-21-18-36(26-46(38)54-51(43)45)55(3,4)34-13-9-7-10-14-34)17-20-40-49(48)42(41)29-44-39-22-19-37(27-47(39)53-50(40)44)56(5,6)35-15-11-8-12-16-35/h7-29H,1-6H3. The molecule has 0 aliphatic carbocycles. The summed E-state index contributed by atoms with van der Waals surface area (Å²) in [5.74, 6) is 0. The lowest BCUT2D eigenvalue weighted by atomic mass is 9.87. The van der Waals surface area contributed by atoms with Gasteiger partial charge in [-0.25, -0.2) is 0 Å². The summed E-state index contributed by atoms with van der Waals surface area (Å²) < 4.78 is 14.0. The molecular weight excluding hydrogens is 723 g/mol. The van der Waals surface area contributed by atoms with Crippen LogP contribution in [0.1, 0.15) is 11.4 Å². The highest BCUT2D eigenvalue weighted by Crippen LogP contribution is 2.59. The molecule has 0 aliphatic rings. The van der Waals surface area contributed by atoms with E-state index < -0.39 is 20.1 Å². The molecule has 11 rings (SSSR count). The Hall–Kier alpha value is -5.75. The summed E-state index contributed by atoms with van der Waals surface area (Å²) in [7, 11) is -2.48. The summed E-state index contributed by atoms with van der Waals surface area (Å²) in [6.07, 6.45) is 9.49. The topological polar surface area (TPSA) is 39.2 Å². The third-order valence-corrected chi connectivity index (χ3v) is 17.8. The van der Waals surface area contributed by atoms with Gasteiger partial charge in [0.2, 0.25) is 0 Å². The van der Waals surface area contributed by atoms with E-state index in [0.717, 1.165) is 71.6 Å². The van der Waals surface area contributed by atoms with Crippen LogP contribution in [0.25, 0.3) is 87.3 Å². The van der Waals surface area contributed by atoms with Crippen LogP contribution in [0.15, 0.2) is 168 Å². The van der Waals surface area contributed by atoms with Crippen molar-refractivity contribution in [3.63, 3.8) is 0 Å². The number of rotatable bonds is 5. The Balaban J connectivity index is 1.21. The summed E-state index contributed by atoms with van der Waals surface area (Å²) in [6, 6.07) is 51.5. The summed E-state index contributed by atoms with van der Waals surface area (Å²) in [6.45, 7) is 4.17. The fourth-order valence-corrected chi connectivity index (χ4v) is 12.9. The van der Waals surface area contributed by atoms with E-state index in [-0.39, 0.29) is 0 Å². The number of aromatic nitrogens is 1. The molecule has 3 aromatic heterocycles. The fourth-order valence-electron chi connectivity index (χ4n) is 9.09. The van der Waals surface area contributed by atoms with Crippen LogP contribution < -0.4 is 0 Å². The van der Waals surface area contributed by atoms with Gasteiger partial charge < -0.3 is 8.83 Å². The summed E-state index contributed by atoms with van der Waals surface area (Å²) >= 11 is 0. The van der Waals surface area contributed by atoms with Gasteiger partial charge in [0.15, 0.2) is 0 Å². The second-order valence-corrected chi connectivity index (χ2v) is 23.2. The molecule has 3 nitrogen and oxygen atoms in total. The third kappa shape index (κ3) is 4.84. The molecule has 56 heavy (non-hydrogen) atoms. The van der Waals surface area contributed by atoms with Crippen LogP contribution in [0.3, 0.4) is 0 Å². The average Bonchev–Trinajstić information content (AvgIpc) is 3.77. The Kier molecular flexibility index (Phi) is 7.12. The molecule has 0 saturated carbocycles. The molecule has 0 fully saturated rings. The number of furan rings is 2. The zero-order chi connectivity index (χ0) is 38.1. The molecule has 0 aliphatic heterocycles. The molecule has 0 N–H and O–H groups in total. The molecule has 0 radical (unpaired) electrons. The molecule has 0 amide bonds. The number of benzene rings is 8. The van der Waals surface area contributed by atoms with Crippen LogP contribution in [0.2, 0.25) is 0 Å². The number of nitrogens with zero attached hydrogens (tertiary/aromatic N) is 1. The molecule has 3 heterocycles. The second kappa shape index (κ2) is 11.9. The van der Waals surface area contributed by atoms with Gasteiger partial charge in [0.25, 0.3) is 0 Å². The zero-order valence-electron chi connectivity index (χ0n) is 32.4. The second-order valence-electron chi connectivity index (χ2n) is 16.1. The van der Waals surface area contributed by atoms with Gasteiger partial charge in [0.1, 0.15) is 22.3 Å². The van der Waals surface area contributed by atoms with Crippen molar-refractivity contribution in [2.24, 2.45) is 0 Å². The Morgan fingerprint density at radius 2 is 0.929 bits per heavy atom. The maximum absolute atomic E-state index is 7.02. The highest BCUT2D eigenvalue weighted by Gasteiger charge is 2.25. The Labute approximate surface area is 328 Å². The molecule has 0 atom stereocenters. The van der Waals surface area contributed by atoms with E-state index in [4.69, 9.17) is 13.8 Å². The monoisotopic (exact) mass is 763 g/mol. The van der Waals surface area contributed by atoms with Crippen molar-refractivity contribution in [2.75, 3.05) is 25.0 Å². The predicted octanol–water partition coefficient (Wildman–Crippen LogP) is 15.0.